The van der Waals surface area contributed by atoms with E-state index in [-0.39, 0.29) is 17.7 Å². The van der Waals surface area contributed by atoms with Gasteiger partial charge in [0, 0.05) is 55.6 Å². The van der Waals surface area contributed by atoms with Crippen molar-refractivity contribution in [2.45, 2.75) is 57.9 Å². The molecule has 2 fully saturated rings. The summed E-state index contributed by atoms with van der Waals surface area (Å²) in [6, 6.07) is 7.55. The van der Waals surface area contributed by atoms with E-state index in [0.29, 0.717) is 35.7 Å². The Hall–Kier alpha value is -3.16. The average Bonchev–Trinajstić information content (AvgIpc) is 2.78. The summed E-state index contributed by atoms with van der Waals surface area (Å²) in [5, 5.41) is 9.51. The summed E-state index contributed by atoms with van der Waals surface area (Å²) >= 11 is 0. The highest BCUT2D eigenvalue weighted by Gasteiger charge is 2.25. The van der Waals surface area contributed by atoms with Crippen molar-refractivity contribution in [3.63, 3.8) is 0 Å². The zero-order valence-electron chi connectivity index (χ0n) is 20.4. The molecule has 8 nitrogen and oxygen atoms in total. The summed E-state index contributed by atoms with van der Waals surface area (Å²) in [6.07, 6.45) is 9.03. The minimum Gasteiger partial charge on any atom is -0.362 e. The van der Waals surface area contributed by atoms with Crippen molar-refractivity contribution in [3.05, 3.63) is 41.6 Å². The van der Waals surface area contributed by atoms with E-state index < -0.39 is 0 Å². The zero-order chi connectivity index (χ0) is 24.1. The SMILES string of the molecule is Cc1cnc(NC2CCC(CNC(=O)c3cccc(NC(=O)C4CCC4)c3)CC2)nc1N(C)C. The second kappa shape index (κ2) is 10.8. The molecule has 1 aromatic carbocycles. The maximum atomic E-state index is 12.7. The van der Waals surface area contributed by atoms with E-state index in [0.717, 1.165) is 56.3 Å². The van der Waals surface area contributed by atoms with Crippen LogP contribution in [-0.2, 0) is 4.79 Å². The lowest BCUT2D eigenvalue weighted by Gasteiger charge is -2.29. The minimum absolute atomic E-state index is 0.0585. The molecule has 0 spiro atoms. The number of nitrogens with zero attached hydrogens (tertiary/aromatic N) is 3. The third-order valence-corrected chi connectivity index (χ3v) is 6.97. The Morgan fingerprint density at radius 1 is 1.09 bits per heavy atom. The molecule has 2 aromatic rings. The van der Waals surface area contributed by atoms with Crippen LogP contribution in [0.5, 0.6) is 0 Å². The second-order valence-corrected chi connectivity index (χ2v) is 9.86. The minimum atomic E-state index is -0.0933. The van der Waals surface area contributed by atoms with Gasteiger partial charge in [-0.3, -0.25) is 9.59 Å². The van der Waals surface area contributed by atoms with Crippen LogP contribution in [0.4, 0.5) is 17.5 Å². The predicted octanol–water partition coefficient (Wildman–Crippen LogP) is 3.99. The van der Waals surface area contributed by atoms with Gasteiger partial charge in [-0.25, -0.2) is 4.98 Å². The summed E-state index contributed by atoms with van der Waals surface area (Å²) in [7, 11) is 3.97. The molecule has 2 aliphatic rings. The van der Waals surface area contributed by atoms with E-state index in [9.17, 15) is 9.59 Å². The van der Waals surface area contributed by atoms with Gasteiger partial charge in [-0.1, -0.05) is 12.5 Å². The maximum absolute atomic E-state index is 12.7. The molecule has 0 aliphatic heterocycles. The lowest BCUT2D eigenvalue weighted by molar-refractivity contribution is -0.122. The van der Waals surface area contributed by atoms with Crippen molar-refractivity contribution >= 4 is 29.3 Å². The number of benzene rings is 1. The van der Waals surface area contributed by atoms with E-state index in [1.165, 1.54) is 0 Å². The average molecular weight is 465 g/mol. The van der Waals surface area contributed by atoms with Crippen molar-refractivity contribution in [1.82, 2.24) is 15.3 Å². The molecule has 182 valence electrons. The van der Waals surface area contributed by atoms with Crippen LogP contribution in [-0.4, -0.2) is 48.5 Å². The van der Waals surface area contributed by atoms with Gasteiger partial charge in [0.2, 0.25) is 11.9 Å². The number of hydrogen-bond acceptors (Lipinski definition) is 6. The van der Waals surface area contributed by atoms with Crippen LogP contribution in [0.3, 0.4) is 0 Å². The number of nitrogens with one attached hydrogen (secondary N) is 3. The topological polar surface area (TPSA) is 99.2 Å². The van der Waals surface area contributed by atoms with Gasteiger partial charge in [0.25, 0.3) is 5.91 Å². The van der Waals surface area contributed by atoms with Gasteiger partial charge in [-0.15, -0.1) is 0 Å². The van der Waals surface area contributed by atoms with Gasteiger partial charge in [0.05, 0.1) is 0 Å². The highest BCUT2D eigenvalue weighted by Crippen LogP contribution is 2.28. The quantitative estimate of drug-likeness (QED) is 0.546. The van der Waals surface area contributed by atoms with Crippen LogP contribution >= 0.6 is 0 Å². The lowest BCUT2D eigenvalue weighted by atomic mass is 9.85. The number of rotatable bonds is 8. The monoisotopic (exact) mass is 464 g/mol. The molecular formula is C26H36N6O2. The van der Waals surface area contributed by atoms with Gasteiger partial charge in [-0.2, -0.15) is 4.98 Å². The lowest BCUT2D eigenvalue weighted by Crippen LogP contribution is -2.34. The van der Waals surface area contributed by atoms with Crippen molar-refractivity contribution in [2.75, 3.05) is 36.2 Å². The molecule has 2 amide bonds. The summed E-state index contributed by atoms with van der Waals surface area (Å²) in [6.45, 7) is 2.68. The van der Waals surface area contributed by atoms with Gasteiger partial charge in [-0.05, 0) is 69.6 Å². The summed E-state index contributed by atoms with van der Waals surface area (Å²) in [5.41, 5.74) is 2.32. The fourth-order valence-electron chi connectivity index (χ4n) is 4.64. The molecule has 1 heterocycles. The molecule has 8 heteroatoms. The van der Waals surface area contributed by atoms with Crippen LogP contribution in [0, 0.1) is 18.8 Å². The van der Waals surface area contributed by atoms with E-state index in [4.69, 9.17) is 0 Å². The van der Waals surface area contributed by atoms with Crippen molar-refractivity contribution < 1.29 is 9.59 Å². The van der Waals surface area contributed by atoms with Gasteiger partial charge in [0.15, 0.2) is 0 Å². The summed E-state index contributed by atoms with van der Waals surface area (Å²) < 4.78 is 0. The molecule has 0 bridgehead atoms. The molecule has 2 saturated carbocycles. The number of amides is 2. The largest absolute Gasteiger partial charge is 0.362 e. The van der Waals surface area contributed by atoms with Gasteiger partial charge >= 0.3 is 0 Å². The standard InChI is InChI=1S/C26H36N6O2/c1-17-15-28-26(31-23(17)32(2)3)30-21-12-10-18(11-13-21)16-27-24(33)20-8-5-9-22(14-20)29-25(34)19-6-4-7-19/h5,8-9,14-15,18-19,21H,4,6-7,10-13,16H2,1-3H3,(H,27,33)(H,29,34)(H,28,30,31). The highest BCUT2D eigenvalue weighted by atomic mass is 16.2. The van der Waals surface area contributed by atoms with Crippen molar-refractivity contribution in [2.24, 2.45) is 11.8 Å². The van der Waals surface area contributed by atoms with Crippen molar-refractivity contribution in [3.8, 4) is 0 Å². The Labute approximate surface area is 201 Å². The number of aromatic nitrogens is 2. The third-order valence-electron chi connectivity index (χ3n) is 6.97. The highest BCUT2D eigenvalue weighted by molar-refractivity contribution is 5.97. The van der Waals surface area contributed by atoms with Crippen LogP contribution in [0.25, 0.3) is 0 Å². The molecule has 1 aromatic heterocycles. The number of aryl methyl sites for hydroxylation is 1. The molecule has 34 heavy (non-hydrogen) atoms. The van der Waals surface area contributed by atoms with Gasteiger partial charge < -0.3 is 20.9 Å². The zero-order valence-corrected chi connectivity index (χ0v) is 20.4. The normalized spacial score (nSPS) is 20.2. The molecule has 0 radical (unpaired) electrons. The van der Waals surface area contributed by atoms with Crippen LogP contribution < -0.4 is 20.9 Å². The van der Waals surface area contributed by atoms with E-state index in [1.807, 2.05) is 44.2 Å². The number of carbonyl (C=O) groups is 2. The fourth-order valence-corrected chi connectivity index (χ4v) is 4.64. The molecule has 2 aliphatic carbocycles. The Balaban J connectivity index is 1.22. The van der Waals surface area contributed by atoms with E-state index in [1.54, 1.807) is 12.1 Å². The predicted molar refractivity (Wildman–Crippen MR) is 135 cm³/mol. The first kappa shape index (κ1) is 24.0. The number of carbonyl (C=O) groups excluding carboxylic acids is 2. The number of hydrogen-bond donors (Lipinski definition) is 3. The summed E-state index contributed by atoms with van der Waals surface area (Å²) in [5.74, 6) is 2.15. The first-order valence-electron chi connectivity index (χ1n) is 12.4. The molecule has 3 N–H and O–H groups in total. The van der Waals surface area contributed by atoms with Crippen molar-refractivity contribution in [1.29, 1.82) is 0 Å². The Morgan fingerprint density at radius 2 is 1.85 bits per heavy atom. The molecule has 0 atom stereocenters. The third kappa shape index (κ3) is 6.04. The van der Waals surface area contributed by atoms with Crippen LogP contribution in [0.1, 0.15) is 60.9 Å². The maximum Gasteiger partial charge on any atom is 0.251 e. The van der Waals surface area contributed by atoms with E-state index >= 15 is 0 Å². The second-order valence-electron chi connectivity index (χ2n) is 9.86. The Morgan fingerprint density at radius 3 is 2.53 bits per heavy atom. The van der Waals surface area contributed by atoms with Crippen LogP contribution in [0.2, 0.25) is 0 Å². The van der Waals surface area contributed by atoms with Crippen LogP contribution in [0.15, 0.2) is 30.5 Å². The molecule has 0 unspecified atom stereocenters. The molecule has 0 saturated heterocycles. The fraction of sp³-hybridized carbons (Fsp3) is 0.538. The Kier molecular flexibility index (Phi) is 7.65. The molecular weight excluding hydrogens is 428 g/mol. The number of anilines is 3. The van der Waals surface area contributed by atoms with Gasteiger partial charge in [0.1, 0.15) is 5.82 Å². The Bertz CT molecular complexity index is 1010. The first-order chi connectivity index (χ1) is 16.4. The smallest absolute Gasteiger partial charge is 0.251 e. The first-order valence-corrected chi connectivity index (χ1v) is 12.4. The summed E-state index contributed by atoms with van der Waals surface area (Å²) in [4.78, 5) is 36.0. The molecule has 4 rings (SSSR count). The van der Waals surface area contributed by atoms with E-state index in [2.05, 4.69) is 25.9 Å².